The van der Waals surface area contributed by atoms with Gasteiger partial charge in [0, 0.05) is 27.0 Å². The molecule has 0 aromatic rings. The van der Waals surface area contributed by atoms with Gasteiger partial charge in [0.15, 0.2) is 0 Å². The molecule has 210 valence electrons. The van der Waals surface area contributed by atoms with Crippen LogP contribution in [0, 0.1) is 17.3 Å². The molecule has 2 N–H and O–H groups in total. The van der Waals surface area contributed by atoms with Crippen molar-refractivity contribution < 1.29 is 28.9 Å². The van der Waals surface area contributed by atoms with E-state index in [4.69, 9.17) is 5.11 Å². The maximum absolute atomic E-state index is 13.5. The van der Waals surface area contributed by atoms with Crippen molar-refractivity contribution in [3.8, 4) is 0 Å². The number of rotatable bonds is 11. The van der Waals surface area contributed by atoms with Crippen molar-refractivity contribution in [3.05, 3.63) is 0 Å². The predicted octanol–water partition coefficient (Wildman–Crippen LogP) is 7.93. The smallest absolute Gasteiger partial charge is 0.310 e. The fourth-order valence-corrected chi connectivity index (χ4v) is 13.4. The molecule has 2 saturated heterocycles. The Hall–Kier alpha value is -0.600. The third-order valence-corrected chi connectivity index (χ3v) is 15.1. The van der Waals surface area contributed by atoms with Crippen molar-refractivity contribution >= 4 is 27.5 Å². The second-order valence-corrected chi connectivity index (χ2v) is 21.1. The molecule has 2 rings (SSSR count). The molecule has 8 heteroatoms. The molecule has 0 aromatic heterocycles. The third-order valence-electron chi connectivity index (χ3n) is 9.32. The molecular weight excluding hydrogens is 494 g/mol. The van der Waals surface area contributed by atoms with Crippen LogP contribution in [0.25, 0.3) is 0 Å². The van der Waals surface area contributed by atoms with Gasteiger partial charge in [-0.05, 0) is 50.4 Å². The van der Waals surface area contributed by atoms with Crippen LogP contribution in [0.2, 0.25) is 0 Å². The highest BCUT2D eigenvalue weighted by atomic mass is 31.1. The molecule has 2 aliphatic heterocycles. The summed E-state index contributed by atoms with van der Waals surface area (Å²) in [5, 5.41) is 18.3. The number of hydrogen-bond acceptors (Lipinski definition) is 4. The zero-order chi connectivity index (χ0) is 27.7. The number of carbonyl (C=O) groups is 2. The number of carboxylic acids is 2. The van der Waals surface area contributed by atoms with Crippen molar-refractivity contribution in [2.45, 2.75) is 147 Å². The Labute approximate surface area is 220 Å². The van der Waals surface area contributed by atoms with E-state index in [0.717, 1.165) is 25.7 Å². The first-order valence-electron chi connectivity index (χ1n) is 13.8. The molecule has 2 heterocycles. The van der Waals surface area contributed by atoms with Crippen LogP contribution in [0.3, 0.4) is 0 Å². The van der Waals surface area contributed by atoms with Gasteiger partial charge >= 0.3 is 11.9 Å². The fourth-order valence-electron chi connectivity index (χ4n) is 7.96. The molecule has 0 bridgehead atoms. The first-order valence-corrected chi connectivity index (χ1v) is 16.7. The maximum atomic E-state index is 13.5. The van der Waals surface area contributed by atoms with E-state index in [-0.39, 0.29) is 18.3 Å². The van der Waals surface area contributed by atoms with E-state index < -0.39 is 53.6 Å². The molecule has 0 aromatic carbocycles. The van der Waals surface area contributed by atoms with Crippen LogP contribution in [0.15, 0.2) is 0 Å². The summed E-state index contributed by atoms with van der Waals surface area (Å²) in [6.07, 6.45) is 7.36. The molecule has 0 radical (unpaired) electrons. The number of aliphatic carboxylic acids is 2. The van der Waals surface area contributed by atoms with Crippen LogP contribution in [-0.2, 0) is 18.7 Å². The van der Waals surface area contributed by atoms with E-state index >= 15 is 0 Å². The van der Waals surface area contributed by atoms with E-state index in [1.54, 1.807) is 0 Å². The molecule has 6 nitrogen and oxygen atoms in total. The highest BCUT2D eigenvalue weighted by Crippen LogP contribution is 2.68. The van der Waals surface area contributed by atoms with E-state index in [1.165, 1.54) is 0 Å². The Bertz CT molecular complexity index is 785. The monoisotopic (exact) mass is 546 g/mol. The summed E-state index contributed by atoms with van der Waals surface area (Å²) in [6.45, 7) is 16.4. The minimum Gasteiger partial charge on any atom is -0.481 e. The summed E-state index contributed by atoms with van der Waals surface area (Å²) in [5.41, 5.74) is -0.949. The Morgan fingerprint density at radius 3 is 1.33 bits per heavy atom. The normalized spacial score (nSPS) is 32.3. The number of unbranched alkanes of at least 4 members (excludes halogenated alkanes) is 4. The van der Waals surface area contributed by atoms with Crippen molar-refractivity contribution in [3.63, 3.8) is 0 Å². The first-order chi connectivity index (χ1) is 16.3. The maximum Gasteiger partial charge on any atom is 0.310 e. The SMILES string of the molecule is CC1(C)CC(C(CCCCCCCC(=O)O)(C(=O)O)C2CC(C)(C)[PH](=O)C(C)(C)C2)CC(C)(C)[PH]1=O. The molecule has 36 heavy (non-hydrogen) atoms. The standard InChI is InChI=1S/C28H52O6P2/c1-24(2)16-20(17-25(3,4)35(24)33)28(23(31)32,15-13-11-9-10-12-14-22(29)30)21-18-26(5,6)36(34)27(7,8)19-21/h20-21,35-36H,9-19H2,1-8H3,(H,29,30)(H,31,32). The molecule has 0 saturated carbocycles. The Balaban J connectivity index is 2.43. The molecule has 0 atom stereocenters. The quantitative estimate of drug-likeness (QED) is 0.201. The lowest BCUT2D eigenvalue weighted by Crippen LogP contribution is -2.55. The average Bonchev–Trinajstić information content (AvgIpc) is 2.70. The van der Waals surface area contributed by atoms with Gasteiger partial charge in [-0.2, -0.15) is 0 Å². The van der Waals surface area contributed by atoms with Gasteiger partial charge in [-0.15, -0.1) is 0 Å². The van der Waals surface area contributed by atoms with Crippen molar-refractivity contribution in [2.75, 3.05) is 0 Å². The van der Waals surface area contributed by atoms with Gasteiger partial charge in [-0.1, -0.05) is 81.1 Å². The summed E-state index contributed by atoms with van der Waals surface area (Å²) in [5.74, 6) is -1.70. The van der Waals surface area contributed by atoms with Crippen LogP contribution in [0.1, 0.15) is 126 Å². The molecule has 0 unspecified atom stereocenters. The zero-order valence-electron chi connectivity index (χ0n) is 24.0. The van der Waals surface area contributed by atoms with Crippen LogP contribution in [0.4, 0.5) is 0 Å². The third kappa shape index (κ3) is 6.69. The van der Waals surface area contributed by atoms with Crippen LogP contribution in [0.5, 0.6) is 0 Å². The topological polar surface area (TPSA) is 109 Å². The highest BCUT2D eigenvalue weighted by molar-refractivity contribution is 7.48. The molecule has 2 aliphatic rings. The lowest BCUT2D eigenvalue weighted by atomic mass is 9.56. The van der Waals surface area contributed by atoms with E-state index in [1.807, 2.05) is 55.4 Å². The van der Waals surface area contributed by atoms with Gasteiger partial charge in [0.2, 0.25) is 0 Å². The average molecular weight is 547 g/mol. The van der Waals surface area contributed by atoms with E-state index in [0.29, 0.717) is 38.5 Å². The number of hydrogen-bond donors (Lipinski definition) is 2. The lowest BCUT2D eigenvalue weighted by molar-refractivity contribution is -0.161. The highest BCUT2D eigenvalue weighted by Gasteiger charge is 2.61. The molecular formula is C28H52O6P2. The second-order valence-electron chi connectivity index (χ2n) is 14.4. The van der Waals surface area contributed by atoms with Gasteiger partial charge in [0.05, 0.1) is 21.0 Å². The van der Waals surface area contributed by atoms with E-state index in [2.05, 4.69) is 0 Å². The summed E-state index contributed by atoms with van der Waals surface area (Å²) in [4.78, 5) is 24.3. The lowest BCUT2D eigenvalue weighted by Gasteiger charge is -2.56. The van der Waals surface area contributed by atoms with Gasteiger partial charge in [-0.3, -0.25) is 9.59 Å². The Morgan fingerprint density at radius 2 is 1.00 bits per heavy atom. The largest absolute Gasteiger partial charge is 0.481 e. The summed E-state index contributed by atoms with van der Waals surface area (Å²) in [6, 6.07) is 0. The summed E-state index contributed by atoms with van der Waals surface area (Å²) in [7, 11) is -3.85. The molecule has 0 amide bonds. The minimum absolute atomic E-state index is 0.0910. The second kappa shape index (κ2) is 11.3. The van der Waals surface area contributed by atoms with Crippen LogP contribution < -0.4 is 0 Å². The molecule has 2 fully saturated rings. The zero-order valence-corrected chi connectivity index (χ0v) is 26.0. The minimum atomic E-state index is -1.92. The van der Waals surface area contributed by atoms with Gasteiger partial charge < -0.3 is 19.3 Å². The van der Waals surface area contributed by atoms with Crippen molar-refractivity contribution in [1.29, 1.82) is 0 Å². The molecule has 0 aliphatic carbocycles. The summed E-state index contributed by atoms with van der Waals surface area (Å²) >= 11 is 0. The predicted molar refractivity (Wildman–Crippen MR) is 150 cm³/mol. The Kier molecular flexibility index (Phi) is 9.88. The van der Waals surface area contributed by atoms with Gasteiger partial charge in [0.1, 0.15) is 0 Å². The van der Waals surface area contributed by atoms with Crippen LogP contribution >= 0.6 is 15.6 Å². The van der Waals surface area contributed by atoms with Crippen LogP contribution in [-0.4, -0.2) is 42.8 Å². The van der Waals surface area contributed by atoms with Crippen molar-refractivity contribution in [1.82, 2.24) is 0 Å². The first kappa shape index (κ1) is 31.6. The molecule has 0 spiro atoms. The number of carboxylic acid groups (broad SMARTS) is 2. The summed E-state index contributed by atoms with van der Waals surface area (Å²) < 4.78 is 26.8. The Morgan fingerprint density at radius 1 is 0.667 bits per heavy atom. The van der Waals surface area contributed by atoms with Crippen molar-refractivity contribution in [2.24, 2.45) is 17.3 Å². The van der Waals surface area contributed by atoms with Gasteiger partial charge in [0.25, 0.3) is 0 Å². The fraction of sp³-hybridized carbons (Fsp3) is 0.929. The van der Waals surface area contributed by atoms with E-state index in [9.17, 15) is 23.8 Å². The van der Waals surface area contributed by atoms with Gasteiger partial charge in [-0.25, -0.2) is 0 Å².